The Labute approximate surface area is 150 Å². The van der Waals surface area contributed by atoms with Gasteiger partial charge in [0.25, 0.3) is 5.56 Å². The van der Waals surface area contributed by atoms with Crippen LogP contribution in [0.2, 0.25) is 0 Å². The summed E-state index contributed by atoms with van der Waals surface area (Å²) in [6, 6.07) is 1.23. The largest absolute Gasteiger partial charge is 0.462 e. The Bertz CT molecular complexity index is 743. The SMILES string of the molecule is CC1(C)O[C@@H]2[C@@H](O1)[C@@H](n1ccc(=O)[nH]c1=O)O[C@@H]2COC(=O)CI. The Kier molecular flexibility index (Phi) is 4.82. The average molecular weight is 452 g/mol. The van der Waals surface area contributed by atoms with Crippen molar-refractivity contribution in [2.45, 2.75) is 44.2 Å². The summed E-state index contributed by atoms with van der Waals surface area (Å²) in [7, 11) is 0. The molecule has 0 radical (unpaired) electrons. The van der Waals surface area contributed by atoms with E-state index in [0.29, 0.717) is 0 Å². The summed E-state index contributed by atoms with van der Waals surface area (Å²) in [5, 5.41) is 0. The van der Waals surface area contributed by atoms with Crippen molar-refractivity contribution in [2.75, 3.05) is 11.0 Å². The fourth-order valence-corrected chi connectivity index (χ4v) is 3.08. The van der Waals surface area contributed by atoms with Gasteiger partial charge in [-0.1, -0.05) is 22.6 Å². The number of aromatic amines is 1. The van der Waals surface area contributed by atoms with Crippen LogP contribution in [0.15, 0.2) is 21.9 Å². The summed E-state index contributed by atoms with van der Waals surface area (Å²) in [5.41, 5.74) is -1.10. The van der Waals surface area contributed by atoms with Crippen molar-refractivity contribution in [2.24, 2.45) is 0 Å². The number of rotatable bonds is 4. The lowest BCUT2D eigenvalue weighted by Crippen LogP contribution is -2.37. The van der Waals surface area contributed by atoms with Gasteiger partial charge in [0.1, 0.15) is 24.9 Å². The van der Waals surface area contributed by atoms with Gasteiger partial charge < -0.3 is 18.9 Å². The first-order valence-corrected chi connectivity index (χ1v) is 8.87. The number of esters is 1. The van der Waals surface area contributed by atoms with Crippen LogP contribution >= 0.6 is 22.6 Å². The van der Waals surface area contributed by atoms with Gasteiger partial charge in [0.15, 0.2) is 12.0 Å². The fourth-order valence-electron chi connectivity index (χ4n) is 2.86. The number of halogens is 1. The third-order valence-electron chi connectivity index (χ3n) is 3.77. The highest BCUT2D eigenvalue weighted by atomic mass is 127. The van der Waals surface area contributed by atoms with E-state index >= 15 is 0 Å². The molecule has 1 N–H and O–H groups in total. The lowest BCUT2D eigenvalue weighted by Gasteiger charge is -2.24. The van der Waals surface area contributed by atoms with Gasteiger partial charge >= 0.3 is 11.7 Å². The molecule has 0 aliphatic carbocycles. The van der Waals surface area contributed by atoms with E-state index in [1.165, 1.54) is 16.8 Å². The lowest BCUT2D eigenvalue weighted by atomic mass is 10.1. The summed E-state index contributed by atoms with van der Waals surface area (Å²) in [6.45, 7) is 3.51. The summed E-state index contributed by atoms with van der Waals surface area (Å²) in [4.78, 5) is 36.8. The molecule has 24 heavy (non-hydrogen) atoms. The second kappa shape index (κ2) is 6.58. The smallest absolute Gasteiger partial charge is 0.330 e. The van der Waals surface area contributed by atoms with Crippen molar-refractivity contribution >= 4 is 28.6 Å². The summed E-state index contributed by atoms with van der Waals surface area (Å²) in [5.74, 6) is -1.21. The molecule has 2 fully saturated rings. The van der Waals surface area contributed by atoms with Gasteiger partial charge in [0.05, 0.1) is 4.43 Å². The number of nitrogens with one attached hydrogen (secondary N) is 1. The Hall–Kier alpha value is -1.24. The summed E-state index contributed by atoms with van der Waals surface area (Å²) in [6.07, 6.45) is -1.08. The molecule has 0 saturated carbocycles. The van der Waals surface area contributed by atoms with Crippen molar-refractivity contribution in [3.05, 3.63) is 33.1 Å². The third kappa shape index (κ3) is 3.41. The highest BCUT2D eigenvalue weighted by Crippen LogP contribution is 2.42. The van der Waals surface area contributed by atoms with Crippen LogP contribution in [0.3, 0.4) is 0 Å². The number of aromatic nitrogens is 2. The quantitative estimate of drug-likeness (QED) is 0.387. The summed E-state index contributed by atoms with van der Waals surface area (Å²) < 4.78 is 24.1. The van der Waals surface area contributed by atoms with E-state index in [1.807, 2.05) is 22.6 Å². The Morgan fingerprint density at radius 3 is 2.75 bits per heavy atom. The molecule has 3 heterocycles. The van der Waals surface area contributed by atoms with Gasteiger partial charge in [0.2, 0.25) is 0 Å². The number of carbonyl (C=O) groups excluding carboxylic acids is 1. The molecule has 0 unspecified atom stereocenters. The van der Waals surface area contributed by atoms with Crippen molar-refractivity contribution in [3.63, 3.8) is 0 Å². The first kappa shape index (κ1) is 17.6. The van der Waals surface area contributed by atoms with E-state index in [1.54, 1.807) is 13.8 Å². The van der Waals surface area contributed by atoms with Crippen molar-refractivity contribution in [1.82, 2.24) is 9.55 Å². The van der Waals surface area contributed by atoms with E-state index in [2.05, 4.69) is 4.98 Å². The number of nitrogens with zero attached hydrogens (tertiary/aromatic N) is 1. The number of fused-ring (bicyclic) bond motifs is 1. The van der Waals surface area contributed by atoms with Gasteiger partial charge in [-0.25, -0.2) is 4.79 Å². The molecule has 3 rings (SSSR count). The predicted molar refractivity (Wildman–Crippen MR) is 88.9 cm³/mol. The van der Waals surface area contributed by atoms with Crippen LogP contribution in [-0.2, 0) is 23.7 Å². The molecule has 0 bridgehead atoms. The molecular formula is C14H17IN2O7. The molecule has 2 aliphatic heterocycles. The monoisotopic (exact) mass is 452 g/mol. The Morgan fingerprint density at radius 1 is 1.38 bits per heavy atom. The van der Waals surface area contributed by atoms with Crippen LogP contribution in [0.5, 0.6) is 0 Å². The van der Waals surface area contributed by atoms with E-state index < -0.39 is 41.6 Å². The number of alkyl halides is 1. The molecule has 132 valence electrons. The molecule has 2 aliphatic rings. The van der Waals surface area contributed by atoms with E-state index in [-0.39, 0.29) is 17.0 Å². The predicted octanol–water partition coefficient (Wildman–Crippen LogP) is -0.0677. The van der Waals surface area contributed by atoms with E-state index in [9.17, 15) is 14.4 Å². The Morgan fingerprint density at radius 2 is 2.08 bits per heavy atom. The lowest BCUT2D eigenvalue weighted by molar-refractivity contribution is -0.202. The fraction of sp³-hybridized carbons (Fsp3) is 0.643. The standard InChI is InChI=1S/C14H17IN2O7/c1-14(2)23-10-7(6-21-9(19)5-15)22-12(11(10)24-14)17-4-3-8(18)16-13(17)20/h3-4,7,10-12H,5-6H2,1-2H3,(H,16,18,20)/t7-,10+,11-,12+/m1/s1. The molecule has 2 saturated heterocycles. The van der Waals surface area contributed by atoms with Crippen molar-refractivity contribution in [3.8, 4) is 0 Å². The summed E-state index contributed by atoms with van der Waals surface area (Å²) >= 11 is 1.91. The highest BCUT2D eigenvalue weighted by Gasteiger charge is 2.56. The van der Waals surface area contributed by atoms with Crippen molar-refractivity contribution in [1.29, 1.82) is 0 Å². The first-order chi connectivity index (χ1) is 11.3. The molecule has 0 aromatic carbocycles. The number of ether oxygens (including phenoxy) is 4. The van der Waals surface area contributed by atoms with Crippen LogP contribution in [0.25, 0.3) is 0 Å². The molecule has 4 atom stereocenters. The van der Waals surface area contributed by atoms with Gasteiger partial charge in [0, 0.05) is 12.3 Å². The first-order valence-electron chi connectivity index (χ1n) is 7.35. The topological polar surface area (TPSA) is 109 Å². The molecule has 10 heteroatoms. The van der Waals surface area contributed by atoms with E-state index in [0.717, 1.165) is 0 Å². The van der Waals surface area contributed by atoms with E-state index in [4.69, 9.17) is 18.9 Å². The normalized spacial score (nSPS) is 31.0. The zero-order valence-electron chi connectivity index (χ0n) is 13.1. The van der Waals surface area contributed by atoms with Gasteiger partial charge in [-0.3, -0.25) is 19.1 Å². The van der Waals surface area contributed by atoms with Crippen LogP contribution in [0.1, 0.15) is 20.1 Å². The zero-order valence-corrected chi connectivity index (χ0v) is 15.2. The second-order valence-electron chi connectivity index (χ2n) is 5.96. The molecule has 9 nitrogen and oxygen atoms in total. The minimum atomic E-state index is -0.852. The highest BCUT2D eigenvalue weighted by molar-refractivity contribution is 14.1. The molecular weight excluding hydrogens is 435 g/mol. The minimum Gasteiger partial charge on any atom is -0.462 e. The van der Waals surface area contributed by atoms with Gasteiger partial charge in [-0.05, 0) is 13.8 Å². The van der Waals surface area contributed by atoms with Gasteiger partial charge in [-0.15, -0.1) is 0 Å². The average Bonchev–Trinajstić information content (AvgIpc) is 2.98. The molecule has 1 aromatic rings. The third-order valence-corrected chi connectivity index (χ3v) is 4.39. The molecule has 0 spiro atoms. The number of H-pyrrole nitrogens is 1. The van der Waals surface area contributed by atoms with Crippen LogP contribution < -0.4 is 11.2 Å². The maximum Gasteiger partial charge on any atom is 0.330 e. The number of hydrogen-bond donors (Lipinski definition) is 1. The van der Waals surface area contributed by atoms with Gasteiger partial charge in [-0.2, -0.15) is 0 Å². The minimum absolute atomic E-state index is 0.00293. The van der Waals surface area contributed by atoms with Crippen LogP contribution in [0.4, 0.5) is 0 Å². The molecule has 0 amide bonds. The van der Waals surface area contributed by atoms with Crippen LogP contribution in [0, 0.1) is 0 Å². The zero-order chi connectivity index (χ0) is 17.5. The maximum atomic E-state index is 12.0. The van der Waals surface area contributed by atoms with Crippen LogP contribution in [-0.4, -0.2) is 50.7 Å². The number of hydrogen-bond acceptors (Lipinski definition) is 7. The second-order valence-corrected chi connectivity index (χ2v) is 6.73. The maximum absolute atomic E-state index is 12.0. The molecule has 1 aromatic heterocycles. The van der Waals surface area contributed by atoms with Crippen molar-refractivity contribution < 1.29 is 23.7 Å². The Balaban J connectivity index is 1.86. The number of carbonyl (C=O) groups is 1.